The number of nitrogens with one attached hydrogen (secondary N) is 1. The van der Waals surface area contributed by atoms with Crippen molar-refractivity contribution in [3.05, 3.63) is 35.4 Å². The topological polar surface area (TPSA) is 45.0 Å². The SMILES string of the molecule is N#CC(COC1CCCc2ccccc21)NC1CC1. The van der Waals surface area contributed by atoms with E-state index in [1.54, 1.807) is 0 Å². The van der Waals surface area contributed by atoms with Gasteiger partial charge in [0, 0.05) is 6.04 Å². The number of aryl methyl sites for hydroxylation is 1. The molecule has 0 aromatic heterocycles. The third-order valence-corrected chi connectivity index (χ3v) is 3.95. The van der Waals surface area contributed by atoms with E-state index in [4.69, 9.17) is 10.00 Å². The van der Waals surface area contributed by atoms with E-state index in [1.807, 2.05) is 0 Å². The number of nitrogens with zero attached hydrogens (tertiary/aromatic N) is 1. The highest BCUT2D eigenvalue weighted by Gasteiger charge is 2.26. The Hall–Kier alpha value is -1.37. The van der Waals surface area contributed by atoms with Crippen LogP contribution in [0, 0.1) is 11.3 Å². The summed E-state index contributed by atoms with van der Waals surface area (Å²) < 4.78 is 6.01. The Morgan fingerprint density at radius 2 is 2.16 bits per heavy atom. The first-order valence-corrected chi connectivity index (χ1v) is 7.22. The number of nitriles is 1. The van der Waals surface area contributed by atoms with Crippen molar-refractivity contribution in [1.29, 1.82) is 5.26 Å². The molecule has 1 aromatic carbocycles. The van der Waals surface area contributed by atoms with E-state index in [0.717, 1.165) is 12.8 Å². The summed E-state index contributed by atoms with van der Waals surface area (Å²) in [5.74, 6) is 0. The molecule has 2 unspecified atom stereocenters. The molecule has 1 saturated carbocycles. The first kappa shape index (κ1) is 12.7. The predicted molar refractivity (Wildman–Crippen MR) is 73.6 cm³/mol. The minimum Gasteiger partial charge on any atom is -0.371 e. The highest BCUT2D eigenvalue weighted by atomic mass is 16.5. The van der Waals surface area contributed by atoms with Crippen molar-refractivity contribution in [2.75, 3.05) is 6.61 Å². The Balaban J connectivity index is 1.59. The maximum absolute atomic E-state index is 9.13. The van der Waals surface area contributed by atoms with E-state index >= 15 is 0 Å². The predicted octanol–water partition coefficient (Wildman–Crippen LogP) is 2.72. The van der Waals surface area contributed by atoms with Gasteiger partial charge in [-0.15, -0.1) is 0 Å². The van der Waals surface area contributed by atoms with Gasteiger partial charge in [-0.3, -0.25) is 5.32 Å². The number of hydrogen-bond acceptors (Lipinski definition) is 3. The summed E-state index contributed by atoms with van der Waals surface area (Å²) in [5, 5.41) is 12.5. The van der Waals surface area contributed by atoms with Crippen LogP contribution in [0.5, 0.6) is 0 Å². The van der Waals surface area contributed by atoms with E-state index in [1.165, 1.54) is 30.4 Å². The summed E-state index contributed by atoms with van der Waals surface area (Å²) in [5.41, 5.74) is 2.72. The van der Waals surface area contributed by atoms with Crippen LogP contribution in [0.2, 0.25) is 0 Å². The normalized spacial score (nSPS) is 23.4. The molecule has 1 N–H and O–H groups in total. The molecular weight excluding hydrogens is 236 g/mol. The molecule has 1 aromatic rings. The molecule has 0 bridgehead atoms. The Labute approximate surface area is 114 Å². The fourth-order valence-electron chi connectivity index (χ4n) is 2.75. The first-order valence-electron chi connectivity index (χ1n) is 7.22. The fraction of sp³-hybridized carbons (Fsp3) is 0.562. The number of benzene rings is 1. The second-order valence-corrected chi connectivity index (χ2v) is 5.54. The van der Waals surface area contributed by atoms with Gasteiger partial charge >= 0.3 is 0 Å². The third kappa shape index (κ3) is 3.15. The average molecular weight is 256 g/mol. The standard InChI is InChI=1S/C16H20N2O/c17-10-14(18-13-8-9-13)11-19-16-7-3-5-12-4-1-2-6-15(12)16/h1-2,4,6,13-14,16,18H,3,5,7-9,11H2. The van der Waals surface area contributed by atoms with E-state index in [9.17, 15) is 0 Å². The van der Waals surface area contributed by atoms with Crippen molar-refractivity contribution in [1.82, 2.24) is 5.32 Å². The van der Waals surface area contributed by atoms with Crippen molar-refractivity contribution in [3.63, 3.8) is 0 Å². The van der Waals surface area contributed by atoms with Gasteiger partial charge in [-0.25, -0.2) is 0 Å². The van der Waals surface area contributed by atoms with Crippen molar-refractivity contribution in [2.45, 2.75) is 50.3 Å². The summed E-state index contributed by atoms with van der Waals surface area (Å²) in [6.45, 7) is 0.492. The number of ether oxygens (including phenoxy) is 1. The molecule has 2 aliphatic rings. The molecule has 3 rings (SSSR count). The molecule has 0 heterocycles. The second-order valence-electron chi connectivity index (χ2n) is 5.54. The molecule has 100 valence electrons. The van der Waals surface area contributed by atoms with Crippen molar-refractivity contribution in [2.24, 2.45) is 0 Å². The molecule has 2 atom stereocenters. The van der Waals surface area contributed by atoms with Crippen LogP contribution in [0.1, 0.15) is 42.9 Å². The Morgan fingerprint density at radius 3 is 2.95 bits per heavy atom. The van der Waals surface area contributed by atoms with Crippen LogP contribution in [0.15, 0.2) is 24.3 Å². The van der Waals surface area contributed by atoms with E-state index in [0.29, 0.717) is 12.6 Å². The van der Waals surface area contributed by atoms with Gasteiger partial charge in [0.1, 0.15) is 6.04 Å². The Kier molecular flexibility index (Phi) is 3.82. The van der Waals surface area contributed by atoms with Crippen molar-refractivity contribution >= 4 is 0 Å². The number of rotatable bonds is 5. The van der Waals surface area contributed by atoms with Gasteiger partial charge in [-0.2, -0.15) is 5.26 Å². The molecule has 2 aliphatic carbocycles. The Morgan fingerprint density at radius 1 is 1.32 bits per heavy atom. The minimum atomic E-state index is -0.165. The van der Waals surface area contributed by atoms with Crippen LogP contribution in [0.3, 0.4) is 0 Å². The van der Waals surface area contributed by atoms with Crippen LogP contribution >= 0.6 is 0 Å². The minimum absolute atomic E-state index is 0.165. The highest BCUT2D eigenvalue weighted by molar-refractivity contribution is 5.31. The maximum Gasteiger partial charge on any atom is 0.119 e. The molecule has 0 amide bonds. The summed E-state index contributed by atoms with van der Waals surface area (Å²) in [6.07, 6.45) is 5.96. The zero-order valence-corrected chi connectivity index (χ0v) is 11.1. The van der Waals surface area contributed by atoms with Crippen LogP contribution in [-0.2, 0) is 11.2 Å². The van der Waals surface area contributed by atoms with Gasteiger partial charge in [0.2, 0.25) is 0 Å². The van der Waals surface area contributed by atoms with Crippen LogP contribution in [0.25, 0.3) is 0 Å². The Bertz CT molecular complexity index is 476. The summed E-state index contributed by atoms with van der Waals surface area (Å²) in [6, 6.07) is 11.2. The lowest BCUT2D eigenvalue weighted by atomic mass is 9.89. The number of hydrogen-bond donors (Lipinski definition) is 1. The van der Waals surface area contributed by atoms with Gasteiger partial charge in [-0.05, 0) is 43.2 Å². The van der Waals surface area contributed by atoms with Crippen LogP contribution in [-0.4, -0.2) is 18.7 Å². The summed E-state index contributed by atoms with van der Waals surface area (Å²) in [4.78, 5) is 0. The molecule has 0 radical (unpaired) electrons. The maximum atomic E-state index is 9.13. The summed E-state index contributed by atoms with van der Waals surface area (Å²) >= 11 is 0. The molecule has 0 saturated heterocycles. The molecule has 0 spiro atoms. The molecule has 19 heavy (non-hydrogen) atoms. The largest absolute Gasteiger partial charge is 0.371 e. The van der Waals surface area contributed by atoms with E-state index in [-0.39, 0.29) is 12.1 Å². The summed E-state index contributed by atoms with van der Waals surface area (Å²) in [7, 11) is 0. The molecule has 1 fully saturated rings. The van der Waals surface area contributed by atoms with Gasteiger partial charge in [0.15, 0.2) is 0 Å². The first-order chi connectivity index (χ1) is 9.36. The van der Waals surface area contributed by atoms with Crippen molar-refractivity contribution < 1.29 is 4.74 Å². The number of fused-ring (bicyclic) bond motifs is 1. The van der Waals surface area contributed by atoms with Crippen LogP contribution < -0.4 is 5.32 Å². The van der Waals surface area contributed by atoms with Gasteiger partial charge in [0.05, 0.1) is 18.8 Å². The highest BCUT2D eigenvalue weighted by Crippen LogP contribution is 2.32. The van der Waals surface area contributed by atoms with E-state index in [2.05, 4.69) is 35.7 Å². The zero-order valence-electron chi connectivity index (χ0n) is 11.1. The third-order valence-electron chi connectivity index (χ3n) is 3.95. The monoisotopic (exact) mass is 256 g/mol. The lowest BCUT2D eigenvalue weighted by molar-refractivity contribution is 0.0339. The molecule has 3 heteroatoms. The van der Waals surface area contributed by atoms with Crippen LogP contribution in [0.4, 0.5) is 0 Å². The average Bonchev–Trinajstić information content (AvgIpc) is 3.27. The van der Waals surface area contributed by atoms with E-state index < -0.39 is 0 Å². The lowest BCUT2D eigenvalue weighted by Gasteiger charge is -2.26. The smallest absolute Gasteiger partial charge is 0.119 e. The van der Waals surface area contributed by atoms with Gasteiger partial charge in [0.25, 0.3) is 0 Å². The van der Waals surface area contributed by atoms with Crippen molar-refractivity contribution in [3.8, 4) is 6.07 Å². The molecule has 3 nitrogen and oxygen atoms in total. The quantitative estimate of drug-likeness (QED) is 0.881. The molecular formula is C16H20N2O. The second kappa shape index (κ2) is 5.73. The zero-order chi connectivity index (χ0) is 13.1. The lowest BCUT2D eigenvalue weighted by Crippen LogP contribution is -2.34. The van der Waals surface area contributed by atoms with Gasteiger partial charge < -0.3 is 4.74 Å². The molecule has 0 aliphatic heterocycles. The fourth-order valence-corrected chi connectivity index (χ4v) is 2.75. The van der Waals surface area contributed by atoms with Gasteiger partial charge in [-0.1, -0.05) is 24.3 Å².